The predicted octanol–water partition coefficient (Wildman–Crippen LogP) is 1.85. The molecule has 0 saturated carbocycles. The molecule has 0 aliphatic heterocycles. The van der Waals surface area contributed by atoms with Gasteiger partial charge in [-0.05, 0) is 30.4 Å². The third kappa shape index (κ3) is 2.38. The van der Waals surface area contributed by atoms with Gasteiger partial charge in [0.15, 0.2) is 5.82 Å². The van der Waals surface area contributed by atoms with Gasteiger partial charge in [-0.2, -0.15) is 5.10 Å². The molecule has 2 aromatic heterocycles. The Kier molecular flexibility index (Phi) is 3.66. The fourth-order valence-electron chi connectivity index (χ4n) is 1.82. The molecular weight excluding hydrogens is 248 g/mol. The summed E-state index contributed by atoms with van der Waals surface area (Å²) in [7, 11) is 0. The number of H-pyrrole nitrogens is 1. The van der Waals surface area contributed by atoms with Crippen LogP contribution in [0.3, 0.4) is 0 Å². The molecule has 0 bridgehead atoms. The average Bonchev–Trinajstić information content (AvgIpc) is 2.93. The highest BCUT2D eigenvalue weighted by atomic mass is 32.1. The van der Waals surface area contributed by atoms with E-state index in [1.54, 1.807) is 18.3 Å². The lowest BCUT2D eigenvalue weighted by Crippen LogP contribution is -2.24. The van der Waals surface area contributed by atoms with Crippen LogP contribution >= 0.6 is 11.3 Å². The fourth-order valence-corrected chi connectivity index (χ4v) is 2.74. The third-order valence-electron chi connectivity index (χ3n) is 2.83. The molecule has 0 aliphatic rings. The van der Waals surface area contributed by atoms with Crippen molar-refractivity contribution in [1.29, 1.82) is 0 Å². The zero-order valence-corrected chi connectivity index (χ0v) is 11.2. The van der Waals surface area contributed by atoms with Crippen molar-refractivity contribution in [3.05, 3.63) is 33.1 Å². The van der Waals surface area contributed by atoms with E-state index in [1.165, 1.54) is 10.4 Å². The van der Waals surface area contributed by atoms with Crippen molar-refractivity contribution in [2.24, 2.45) is 0 Å². The van der Waals surface area contributed by atoms with E-state index in [0.717, 1.165) is 6.42 Å². The molecule has 0 aromatic carbocycles. The van der Waals surface area contributed by atoms with E-state index in [4.69, 9.17) is 5.73 Å². The first kappa shape index (κ1) is 12.6. The number of aryl methyl sites for hydroxylation is 2. The molecule has 18 heavy (non-hydrogen) atoms. The van der Waals surface area contributed by atoms with E-state index in [9.17, 15) is 4.79 Å². The summed E-state index contributed by atoms with van der Waals surface area (Å²) < 4.78 is 0. The summed E-state index contributed by atoms with van der Waals surface area (Å²) in [5, 5.41) is 11.4. The molecule has 5 nitrogen and oxygen atoms in total. The second-order valence-electron chi connectivity index (χ2n) is 4.01. The van der Waals surface area contributed by atoms with Crippen molar-refractivity contribution in [2.45, 2.75) is 26.8 Å². The fraction of sp³-hybridized carbons (Fsp3) is 0.333. The first-order valence-electron chi connectivity index (χ1n) is 5.77. The number of hydrogen-bond acceptors (Lipinski definition) is 4. The number of thiophene rings is 1. The molecule has 2 rings (SSSR count). The zero-order chi connectivity index (χ0) is 13.1. The minimum Gasteiger partial charge on any atom is -0.382 e. The summed E-state index contributed by atoms with van der Waals surface area (Å²) in [6.07, 6.45) is 0.974. The summed E-state index contributed by atoms with van der Waals surface area (Å²) in [5.74, 6) is 0.0566. The van der Waals surface area contributed by atoms with Crippen molar-refractivity contribution in [3.63, 3.8) is 0 Å². The summed E-state index contributed by atoms with van der Waals surface area (Å²) in [6.45, 7) is 4.41. The minimum atomic E-state index is -0.186. The van der Waals surface area contributed by atoms with Crippen LogP contribution in [0.2, 0.25) is 0 Å². The van der Waals surface area contributed by atoms with Crippen LogP contribution in [-0.4, -0.2) is 16.1 Å². The molecular formula is C12H16N4OS. The number of aromatic amines is 1. The Morgan fingerprint density at radius 2 is 2.39 bits per heavy atom. The van der Waals surface area contributed by atoms with Gasteiger partial charge in [-0.25, -0.2) is 0 Å². The summed E-state index contributed by atoms with van der Waals surface area (Å²) >= 11 is 1.65. The highest BCUT2D eigenvalue weighted by Gasteiger charge is 2.16. The molecule has 96 valence electrons. The van der Waals surface area contributed by atoms with Gasteiger partial charge in [0.2, 0.25) is 0 Å². The Hall–Kier alpha value is -1.82. The molecule has 0 saturated heterocycles. The normalized spacial score (nSPS) is 10.6. The number of carbonyl (C=O) groups excluding carboxylic acids is 1. The lowest BCUT2D eigenvalue weighted by molar-refractivity contribution is 0.0951. The van der Waals surface area contributed by atoms with E-state index in [-0.39, 0.29) is 11.7 Å². The van der Waals surface area contributed by atoms with Gasteiger partial charge in [0.1, 0.15) is 5.56 Å². The number of nitrogens with zero attached hydrogens (tertiary/aromatic N) is 1. The van der Waals surface area contributed by atoms with Crippen LogP contribution in [0.25, 0.3) is 0 Å². The van der Waals surface area contributed by atoms with Crippen LogP contribution in [0, 0.1) is 6.92 Å². The van der Waals surface area contributed by atoms with Gasteiger partial charge in [0.05, 0.1) is 6.54 Å². The number of rotatable bonds is 4. The Morgan fingerprint density at radius 1 is 1.61 bits per heavy atom. The number of hydrogen-bond donors (Lipinski definition) is 3. The van der Waals surface area contributed by atoms with Gasteiger partial charge in [-0.3, -0.25) is 9.89 Å². The van der Waals surface area contributed by atoms with Gasteiger partial charge in [0.25, 0.3) is 5.91 Å². The van der Waals surface area contributed by atoms with Gasteiger partial charge in [-0.1, -0.05) is 6.92 Å². The van der Waals surface area contributed by atoms with Crippen molar-refractivity contribution < 1.29 is 4.79 Å². The van der Waals surface area contributed by atoms with Crippen molar-refractivity contribution in [1.82, 2.24) is 15.5 Å². The average molecular weight is 264 g/mol. The quantitative estimate of drug-likeness (QED) is 0.788. The first-order valence-corrected chi connectivity index (χ1v) is 6.65. The van der Waals surface area contributed by atoms with Crippen LogP contribution in [-0.2, 0) is 13.0 Å². The van der Waals surface area contributed by atoms with E-state index < -0.39 is 0 Å². The summed E-state index contributed by atoms with van der Waals surface area (Å²) in [5.41, 5.74) is 8.04. The van der Waals surface area contributed by atoms with Crippen molar-refractivity contribution >= 4 is 23.1 Å². The lowest BCUT2D eigenvalue weighted by Gasteiger charge is -2.05. The van der Waals surface area contributed by atoms with E-state index in [2.05, 4.69) is 28.5 Å². The molecule has 2 aromatic rings. The van der Waals surface area contributed by atoms with Gasteiger partial charge in [-0.15, -0.1) is 11.3 Å². The Labute approximate surface area is 109 Å². The van der Waals surface area contributed by atoms with Crippen molar-refractivity contribution in [2.75, 3.05) is 5.73 Å². The second-order valence-corrected chi connectivity index (χ2v) is 5.01. The molecule has 0 radical (unpaired) electrons. The maximum absolute atomic E-state index is 12.0. The Bertz CT molecular complexity index is 539. The Balaban J connectivity index is 2.05. The van der Waals surface area contributed by atoms with Gasteiger partial charge in [0, 0.05) is 10.6 Å². The number of nitrogens with two attached hydrogens (primary N) is 1. The van der Waals surface area contributed by atoms with Gasteiger partial charge >= 0.3 is 0 Å². The molecule has 0 spiro atoms. The smallest absolute Gasteiger partial charge is 0.257 e. The van der Waals surface area contributed by atoms with Crippen molar-refractivity contribution in [3.8, 4) is 0 Å². The van der Waals surface area contributed by atoms with E-state index in [0.29, 0.717) is 17.8 Å². The third-order valence-corrected chi connectivity index (χ3v) is 3.79. The minimum absolute atomic E-state index is 0.186. The number of aromatic nitrogens is 2. The molecule has 0 unspecified atom stereocenters. The zero-order valence-electron chi connectivity index (χ0n) is 10.4. The van der Waals surface area contributed by atoms with Crippen LogP contribution in [0.15, 0.2) is 11.4 Å². The second kappa shape index (κ2) is 5.22. The molecule has 2 heterocycles. The van der Waals surface area contributed by atoms with Gasteiger partial charge < -0.3 is 11.1 Å². The Morgan fingerprint density at radius 3 is 3.00 bits per heavy atom. The first-order chi connectivity index (χ1) is 8.63. The number of anilines is 1. The maximum atomic E-state index is 12.0. The highest BCUT2D eigenvalue weighted by Crippen LogP contribution is 2.18. The number of carbonyl (C=O) groups is 1. The van der Waals surface area contributed by atoms with Crippen LogP contribution in [0.1, 0.15) is 33.4 Å². The molecule has 0 fully saturated rings. The van der Waals surface area contributed by atoms with E-state index >= 15 is 0 Å². The largest absolute Gasteiger partial charge is 0.382 e. The number of nitrogens with one attached hydrogen (secondary N) is 2. The SMILES string of the molecule is CCc1ccsc1CNC(=O)c1c(N)n[nH]c1C. The number of nitrogen functional groups attached to an aromatic ring is 1. The molecule has 0 aliphatic carbocycles. The lowest BCUT2D eigenvalue weighted by atomic mass is 10.2. The maximum Gasteiger partial charge on any atom is 0.257 e. The molecule has 0 atom stereocenters. The van der Waals surface area contributed by atoms with Crippen LogP contribution in [0.4, 0.5) is 5.82 Å². The monoisotopic (exact) mass is 264 g/mol. The summed E-state index contributed by atoms with van der Waals surface area (Å²) in [4.78, 5) is 13.2. The number of amides is 1. The van der Waals surface area contributed by atoms with Crippen LogP contribution < -0.4 is 11.1 Å². The predicted molar refractivity (Wildman–Crippen MR) is 72.6 cm³/mol. The molecule has 4 N–H and O–H groups in total. The summed E-state index contributed by atoms with van der Waals surface area (Å²) in [6, 6.07) is 2.09. The molecule has 1 amide bonds. The van der Waals surface area contributed by atoms with Crippen LogP contribution in [0.5, 0.6) is 0 Å². The standard InChI is InChI=1S/C12H16N4OS/c1-3-8-4-5-18-9(8)6-14-12(17)10-7(2)15-16-11(10)13/h4-5H,3,6H2,1-2H3,(H,14,17)(H3,13,15,16). The molecule has 6 heteroatoms. The highest BCUT2D eigenvalue weighted by molar-refractivity contribution is 7.10. The van der Waals surface area contributed by atoms with E-state index in [1.807, 2.05) is 5.38 Å². The topological polar surface area (TPSA) is 83.8 Å².